The molecule has 0 heterocycles. The van der Waals surface area contributed by atoms with E-state index in [1.165, 1.54) is 49.0 Å². The van der Waals surface area contributed by atoms with Crippen LogP contribution in [0, 0.1) is 17.8 Å². The lowest BCUT2D eigenvalue weighted by molar-refractivity contribution is -0.140. The molecule has 0 radical (unpaired) electrons. The van der Waals surface area contributed by atoms with E-state index in [2.05, 4.69) is 17.4 Å². The molecular weight excluding hydrogens is 605 g/mol. The molecule has 4 saturated carbocycles. The molecule has 0 aliphatic heterocycles. The zero-order valence-electron chi connectivity index (χ0n) is 25.3. The van der Waals surface area contributed by atoms with Crippen molar-refractivity contribution in [2.24, 2.45) is 17.8 Å². The second-order valence-electron chi connectivity index (χ2n) is 13.0. The van der Waals surface area contributed by atoms with Crippen LogP contribution in [0.3, 0.4) is 0 Å². The van der Waals surface area contributed by atoms with Gasteiger partial charge in [-0.05, 0) is 110 Å². The minimum absolute atomic E-state index is 0.0797. The fourth-order valence-corrected chi connectivity index (χ4v) is 9.35. The van der Waals surface area contributed by atoms with Crippen LogP contribution >= 0.6 is 23.2 Å². The highest BCUT2D eigenvalue weighted by atomic mass is 35.5. The second-order valence-corrected chi connectivity index (χ2v) is 15.7. The Morgan fingerprint density at radius 1 is 0.953 bits per heavy atom. The van der Waals surface area contributed by atoms with E-state index in [1.807, 2.05) is 26.0 Å². The second kappa shape index (κ2) is 13.0. The zero-order chi connectivity index (χ0) is 30.9. The van der Waals surface area contributed by atoms with Gasteiger partial charge in [0, 0.05) is 13.1 Å². The molecule has 2 aromatic carbocycles. The summed E-state index contributed by atoms with van der Waals surface area (Å²) >= 11 is 12.4. The summed E-state index contributed by atoms with van der Waals surface area (Å²) in [6, 6.07) is 12.1. The van der Waals surface area contributed by atoms with Crippen LogP contribution in [0.1, 0.15) is 76.3 Å². The maximum Gasteiger partial charge on any atom is 0.244 e. The van der Waals surface area contributed by atoms with Crippen LogP contribution < -0.4 is 9.62 Å². The highest BCUT2D eigenvalue weighted by Crippen LogP contribution is 2.60. The molecule has 43 heavy (non-hydrogen) atoms. The number of carbonyl (C=O) groups excluding carboxylic acids is 2. The largest absolute Gasteiger partial charge is 0.354 e. The van der Waals surface area contributed by atoms with E-state index in [9.17, 15) is 18.0 Å². The van der Waals surface area contributed by atoms with Crippen molar-refractivity contribution < 1.29 is 18.0 Å². The molecule has 4 aliphatic carbocycles. The Morgan fingerprint density at radius 2 is 1.56 bits per heavy atom. The molecule has 2 amide bonds. The molecule has 1 N–H and O–H groups in total. The number of anilines is 1. The number of carbonyl (C=O) groups is 2. The summed E-state index contributed by atoms with van der Waals surface area (Å²) in [6.07, 6.45) is 9.95. The Balaban J connectivity index is 1.41. The molecule has 0 aromatic heterocycles. The lowest BCUT2D eigenvalue weighted by Crippen LogP contribution is -2.52. The first-order chi connectivity index (χ1) is 20.4. The third kappa shape index (κ3) is 7.02. The fraction of sp³-hybridized carbons (Fsp3) is 0.576. The monoisotopic (exact) mass is 647 g/mol. The molecule has 2 aromatic rings. The van der Waals surface area contributed by atoms with Gasteiger partial charge < -0.3 is 10.2 Å². The number of amides is 2. The van der Waals surface area contributed by atoms with E-state index in [0.717, 1.165) is 34.7 Å². The number of hydrogen-bond donors (Lipinski definition) is 1. The van der Waals surface area contributed by atoms with E-state index in [1.54, 1.807) is 18.2 Å². The molecule has 4 aliphatic rings. The highest BCUT2D eigenvalue weighted by Gasteiger charge is 2.51. The number of hydrogen-bond acceptors (Lipinski definition) is 4. The van der Waals surface area contributed by atoms with Crippen molar-refractivity contribution in [1.82, 2.24) is 10.2 Å². The van der Waals surface area contributed by atoms with Crippen molar-refractivity contribution >= 4 is 50.7 Å². The Morgan fingerprint density at radius 3 is 2.07 bits per heavy atom. The summed E-state index contributed by atoms with van der Waals surface area (Å²) < 4.78 is 27.3. The number of nitrogens with one attached hydrogen (secondary N) is 1. The van der Waals surface area contributed by atoms with Gasteiger partial charge in [0.25, 0.3) is 0 Å². The van der Waals surface area contributed by atoms with Crippen LogP contribution in [0.5, 0.6) is 0 Å². The first-order valence-corrected chi connectivity index (χ1v) is 18.1. The lowest BCUT2D eigenvalue weighted by Gasteiger charge is -2.57. The van der Waals surface area contributed by atoms with Gasteiger partial charge in [-0.15, -0.1) is 0 Å². The summed E-state index contributed by atoms with van der Waals surface area (Å²) in [7, 11) is -3.81. The van der Waals surface area contributed by atoms with Gasteiger partial charge in [0.1, 0.15) is 12.6 Å². The minimum Gasteiger partial charge on any atom is -0.354 e. The number of halogens is 2. The maximum atomic E-state index is 14.0. The molecule has 10 heteroatoms. The van der Waals surface area contributed by atoms with Crippen LogP contribution in [0.15, 0.2) is 42.5 Å². The molecule has 0 spiro atoms. The molecule has 0 saturated heterocycles. The van der Waals surface area contributed by atoms with E-state index in [-0.39, 0.29) is 17.9 Å². The fourth-order valence-electron chi connectivity index (χ4n) is 8.18. The Bertz CT molecular complexity index is 1410. The zero-order valence-corrected chi connectivity index (χ0v) is 27.6. The average molecular weight is 649 g/mol. The number of benzene rings is 2. The van der Waals surface area contributed by atoms with Crippen molar-refractivity contribution in [2.75, 3.05) is 23.7 Å². The normalized spacial score (nSPS) is 24.9. The number of rotatable bonds is 12. The van der Waals surface area contributed by atoms with Crippen LogP contribution in [-0.4, -0.2) is 50.5 Å². The van der Waals surface area contributed by atoms with Gasteiger partial charge in [0.05, 0.1) is 22.0 Å². The highest BCUT2D eigenvalue weighted by molar-refractivity contribution is 7.92. The minimum atomic E-state index is -3.81. The van der Waals surface area contributed by atoms with Gasteiger partial charge in [-0.3, -0.25) is 13.9 Å². The molecule has 7 nitrogen and oxygen atoms in total. The quantitative estimate of drug-likeness (QED) is 0.283. The summed E-state index contributed by atoms with van der Waals surface area (Å²) in [5.74, 6) is 1.67. The lowest BCUT2D eigenvalue weighted by atomic mass is 9.48. The first-order valence-electron chi connectivity index (χ1n) is 15.5. The molecular formula is C33H43Cl2N3O4S. The molecule has 234 valence electrons. The van der Waals surface area contributed by atoms with Crippen molar-refractivity contribution in [3.8, 4) is 0 Å². The van der Waals surface area contributed by atoms with Crippen LogP contribution in [0.2, 0.25) is 10.0 Å². The SMILES string of the molecule is CCCNC(=O)C(CC)N(Cc1ccc(Cl)c(Cl)c1)C(=O)CN(c1ccc(C23CC4CC(CC(C4)C2)C3)cc1)S(C)(=O)=O. The molecule has 1 atom stereocenters. The third-order valence-corrected chi connectivity index (χ3v) is 11.6. The molecule has 4 bridgehead atoms. The van der Waals surface area contributed by atoms with Gasteiger partial charge in [0.2, 0.25) is 21.8 Å². The van der Waals surface area contributed by atoms with Crippen molar-refractivity contribution in [1.29, 1.82) is 0 Å². The van der Waals surface area contributed by atoms with E-state index < -0.39 is 28.5 Å². The Kier molecular flexibility index (Phi) is 9.69. The van der Waals surface area contributed by atoms with E-state index >= 15 is 0 Å². The van der Waals surface area contributed by atoms with Crippen LogP contribution in [0.25, 0.3) is 0 Å². The van der Waals surface area contributed by atoms with Gasteiger partial charge >= 0.3 is 0 Å². The maximum absolute atomic E-state index is 14.0. The Labute approximate surface area is 266 Å². The molecule has 6 rings (SSSR count). The topological polar surface area (TPSA) is 86.8 Å². The van der Waals surface area contributed by atoms with Gasteiger partial charge in [-0.2, -0.15) is 0 Å². The van der Waals surface area contributed by atoms with Gasteiger partial charge in [-0.25, -0.2) is 8.42 Å². The van der Waals surface area contributed by atoms with Gasteiger partial charge in [0.15, 0.2) is 0 Å². The first kappa shape index (κ1) is 32.1. The smallest absolute Gasteiger partial charge is 0.244 e. The molecule has 4 fully saturated rings. The third-order valence-electron chi connectivity index (χ3n) is 9.76. The van der Waals surface area contributed by atoms with E-state index in [0.29, 0.717) is 34.3 Å². The number of nitrogens with zero attached hydrogens (tertiary/aromatic N) is 2. The predicted molar refractivity (Wildman–Crippen MR) is 173 cm³/mol. The standard InChI is InChI=1S/C33H43Cl2N3O4S/c1-4-12-36-32(40)30(5-2)37(20-22-6-11-28(34)29(35)16-22)31(39)21-38(43(3,41)42)27-9-7-26(8-10-27)33-17-23-13-24(18-33)15-25(14-23)19-33/h6-11,16,23-25,30H,4-5,12-15,17-21H2,1-3H3,(H,36,40). The van der Waals surface area contributed by atoms with Crippen molar-refractivity contribution in [3.63, 3.8) is 0 Å². The van der Waals surface area contributed by atoms with Crippen molar-refractivity contribution in [2.45, 2.75) is 83.2 Å². The van der Waals surface area contributed by atoms with Crippen LogP contribution in [-0.2, 0) is 31.6 Å². The average Bonchev–Trinajstić information content (AvgIpc) is 2.95. The number of sulfonamides is 1. The van der Waals surface area contributed by atoms with E-state index in [4.69, 9.17) is 23.2 Å². The van der Waals surface area contributed by atoms with Crippen molar-refractivity contribution in [3.05, 3.63) is 63.6 Å². The summed E-state index contributed by atoms with van der Waals surface area (Å²) in [5, 5.41) is 3.61. The summed E-state index contributed by atoms with van der Waals surface area (Å²) in [5.41, 5.74) is 2.61. The Hall–Kier alpha value is -2.29. The summed E-state index contributed by atoms with van der Waals surface area (Å²) in [6.45, 7) is 3.93. The molecule has 1 unspecified atom stereocenters. The summed E-state index contributed by atoms with van der Waals surface area (Å²) in [4.78, 5) is 28.6. The van der Waals surface area contributed by atoms with Crippen LogP contribution in [0.4, 0.5) is 5.69 Å². The predicted octanol–water partition coefficient (Wildman–Crippen LogP) is 6.56. The van der Waals surface area contributed by atoms with Gasteiger partial charge in [-0.1, -0.05) is 55.2 Å².